The van der Waals surface area contributed by atoms with Gasteiger partial charge in [0.1, 0.15) is 0 Å². The van der Waals surface area contributed by atoms with Crippen LogP contribution in [0.3, 0.4) is 0 Å². The highest BCUT2D eigenvalue weighted by molar-refractivity contribution is 7.99. The van der Waals surface area contributed by atoms with Crippen LogP contribution in [0.5, 0.6) is 0 Å². The third-order valence-electron chi connectivity index (χ3n) is 2.82. The van der Waals surface area contributed by atoms with Gasteiger partial charge < -0.3 is 0 Å². The molecule has 1 N–H and O–H groups in total. The highest BCUT2D eigenvalue weighted by Crippen LogP contribution is 2.28. The molecule has 0 bridgehead atoms. The molecule has 2 aromatic carbocycles. The van der Waals surface area contributed by atoms with Gasteiger partial charge in [-0.2, -0.15) is 0 Å². The lowest BCUT2D eigenvalue weighted by molar-refractivity contribution is 0.601. The molecule has 110 valence electrons. The molecule has 0 aliphatic heterocycles. The van der Waals surface area contributed by atoms with Crippen LogP contribution in [0, 0.1) is 6.92 Å². The summed E-state index contributed by atoms with van der Waals surface area (Å²) in [7, 11) is -3.57. The van der Waals surface area contributed by atoms with Crippen molar-refractivity contribution < 1.29 is 8.42 Å². The van der Waals surface area contributed by atoms with E-state index in [0.29, 0.717) is 5.69 Å². The second-order valence-electron chi connectivity index (χ2n) is 4.51. The molecule has 2 rings (SSSR count). The van der Waals surface area contributed by atoms with Crippen LogP contribution < -0.4 is 4.72 Å². The Bertz CT molecular complexity index is 722. The third-order valence-corrected chi connectivity index (χ3v) is 5.27. The fourth-order valence-electron chi connectivity index (χ4n) is 1.75. The number of hydrogen-bond donors (Lipinski definition) is 1. The van der Waals surface area contributed by atoms with Crippen LogP contribution >= 0.6 is 11.8 Å². The minimum Gasteiger partial charge on any atom is -0.278 e. The van der Waals surface area contributed by atoms with E-state index in [9.17, 15) is 8.42 Å². The zero-order chi connectivity index (χ0) is 15.3. The van der Waals surface area contributed by atoms with Crippen LogP contribution in [0.4, 0.5) is 5.69 Å². The lowest BCUT2D eigenvalue weighted by Gasteiger charge is -2.12. The van der Waals surface area contributed by atoms with E-state index in [2.05, 4.69) is 11.3 Å². The molecule has 5 heteroatoms. The van der Waals surface area contributed by atoms with Crippen molar-refractivity contribution >= 4 is 27.5 Å². The van der Waals surface area contributed by atoms with E-state index in [1.807, 2.05) is 25.1 Å². The lowest BCUT2D eigenvalue weighted by atomic mass is 10.2. The first-order chi connectivity index (χ1) is 10.0. The quantitative estimate of drug-likeness (QED) is 0.645. The molecule has 2 aromatic rings. The van der Waals surface area contributed by atoms with Gasteiger partial charge >= 0.3 is 0 Å². The Hall–Kier alpha value is -1.72. The standard InChI is InChI=1S/C16H17NO2S2/c1-3-12-20-16-7-5-4-6-15(16)17-21(18,19)14-10-8-13(2)9-11-14/h3-11,17H,1,12H2,2H3. The van der Waals surface area contributed by atoms with Gasteiger partial charge in [-0.05, 0) is 31.2 Å². The van der Waals surface area contributed by atoms with E-state index < -0.39 is 10.0 Å². The first-order valence-electron chi connectivity index (χ1n) is 6.45. The van der Waals surface area contributed by atoms with Crippen molar-refractivity contribution in [2.24, 2.45) is 0 Å². The van der Waals surface area contributed by atoms with Crippen LogP contribution in [0.25, 0.3) is 0 Å². The van der Waals surface area contributed by atoms with E-state index in [0.717, 1.165) is 16.2 Å². The van der Waals surface area contributed by atoms with Crippen molar-refractivity contribution in [2.45, 2.75) is 16.7 Å². The molecule has 0 saturated carbocycles. The number of nitrogens with one attached hydrogen (secondary N) is 1. The van der Waals surface area contributed by atoms with Crippen molar-refractivity contribution in [3.8, 4) is 0 Å². The molecule has 0 aliphatic carbocycles. The smallest absolute Gasteiger partial charge is 0.261 e. The van der Waals surface area contributed by atoms with Crippen LogP contribution in [0.2, 0.25) is 0 Å². The zero-order valence-corrected chi connectivity index (χ0v) is 13.4. The predicted molar refractivity (Wildman–Crippen MR) is 89.4 cm³/mol. The summed E-state index contributed by atoms with van der Waals surface area (Å²) in [6, 6.07) is 14.1. The van der Waals surface area contributed by atoms with Gasteiger partial charge in [-0.3, -0.25) is 4.72 Å². The second-order valence-corrected chi connectivity index (χ2v) is 7.26. The molecule has 0 heterocycles. The Morgan fingerprint density at radius 2 is 1.81 bits per heavy atom. The summed E-state index contributed by atoms with van der Waals surface area (Å²) in [4.78, 5) is 1.14. The van der Waals surface area contributed by atoms with Gasteiger partial charge in [0, 0.05) is 10.6 Å². The van der Waals surface area contributed by atoms with Gasteiger partial charge in [-0.1, -0.05) is 35.9 Å². The van der Waals surface area contributed by atoms with Crippen molar-refractivity contribution in [3.63, 3.8) is 0 Å². The molecule has 21 heavy (non-hydrogen) atoms. The molecule has 0 aliphatic rings. The Kier molecular flexibility index (Phi) is 5.09. The van der Waals surface area contributed by atoms with Gasteiger partial charge in [0.05, 0.1) is 10.6 Å². The summed E-state index contributed by atoms with van der Waals surface area (Å²) in [6.45, 7) is 5.60. The average Bonchev–Trinajstić information content (AvgIpc) is 2.46. The van der Waals surface area contributed by atoms with Crippen LogP contribution in [-0.2, 0) is 10.0 Å². The van der Waals surface area contributed by atoms with Gasteiger partial charge in [0.2, 0.25) is 0 Å². The number of anilines is 1. The summed E-state index contributed by atoms with van der Waals surface area (Å²) in [5.41, 5.74) is 1.61. The van der Waals surface area contributed by atoms with Crippen molar-refractivity contribution in [1.82, 2.24) is 0 Å². The molecular formula is C16H17NO2S2. The molecule has 0 spiro atoms. The van der Waals surface area contributed by atoms with E-state index in [1.165, 1.54) is 0 Å². The molecule has 0 atom stereocenters. The van der Waals surface area contributed by atoms with E-state index in [-0.39, 0.29) is 4.90 Å². The number of sulfonamides is 1. The van der Waals surface area contributed by atoms with E-state index in [4.69, 9.17) is 0 Å². The predicted octanol–water partition coefficient (Wildman–Crippen LogP) is 4.07. The second kappa shape index (κ2) is 6.83. The summed E-state index contributed by atoms with van der Waals surface area (Å²) in [5.74, 6) is 0.725. The Morgan fingerprint density at radius 3 is 2.48 bits per heavy atom. The largest absolute Gasteiger partial charge is 0.278 e. The fourth-order valence-corrected chi connectivity index (χ4v) is 3.64. The molecule has 0 amide bonds. The highest BCUT2D eigenvalue weighted by atomic mass is 32.2. The SMILES string of the molecule is C=CCSc1ccccc1NS(=O)(=O)c1ccc(C)cc1. The van der Waals surface area contributed by atoms with E-state index in [1.54, 1.807) is 48.2 Å². The van der Waals surface area contributed by atoms with Crippen molar-refractivity contribution in [3.05, 3.63) is 66.7 Å². The van der Waals surface area contributed by atoms with Gasteiger partial charge in [0.25, 0.3) is 10.0 Å². The Morgan fingerprint density at radius 1 is 1.14 bits per heavy atom. The summed E-state index contributed by atoms with van der Waals surface area (Å²) < 4.78 is 27.4. The van der Waals surface area contributed by atoms with E-state index >= 15 is 0 Å². The maximum atomic E-state index is 12.4. The number of thioether (sulfide) groups is 1. The molecule has 3 nitrogen and oxygen atoms in total. The Labute approximate surface area is 130 Å². The molecule has 0 saturated heterocycles. The third kappa shape index (κ3) is 4.12. The number of hydrogen-bond acceptors (Lipinski definition) is 3. The zero-order valence-electron chi connectivity index (χ0n) is 11.7. The summed E-state index contributed by atoms with van der Waals surface area (Å²) in [6.07, 6.45) is 1.79. The number of rotatable bonds is 6. The van der Waals surface area contributed by atoms with Crippen molar-refractivity contribution in [1.29, 1.82) is 0 Å². The van der Waals surface area contributed by atoms with Gasteiger partial charge in [-0.25, -0.2) is 8.42 Å². The number of para-hydroxylation sites is 1. The number of benzene rings is 2. The summed E-state index contributed by atoms with van der Waals surface area (Å²) >= 11 is 1.54. The van der Waals surface area contributed by atoms with Gasteiger partial charge in [0.15, 0.2) is 0 Å². The molecule has 0 radical (unpaired) electrons. The first-order valence-corrected chi connectivity index (χ1v) is 8.92. The van der Waals surface area contributed by atoms with Gasteiger partial charge in [-0.15, -0.1) is 18.3 Å². The maximum absolute atomic E-state index is 12.4. The normalized spacial score (nSPS) is 11.1. The molecule has 0 aromatic heterocycles. The first kappa shape index (κ1) is 15.7. The maximum Gasteiger partial charge on any atom is 0.261 e. The van der Waals surface area contributed by atoms with Crippen molar-refractivity contribution in [2.75, 3.05) is 10.5 Å². The molecule has 0 fully saturated rings. The number of aryl methyl sites for hydroxylation is 1. The average molecular weight is 319 g/mol. The monoisotopic (exact) mass is 319 g/mol. The van der Waals surface area contributed by atoms with Crippen LogP contribution in [0.1, 0.15) is 5.56 Å². The molecular weight excluding hydrogens is 302 g/mol. The van der Waals surface area contributed by atoms with Crippen LogP contribution in [-0.4, -0.2) is 14.2 Å². The fraction of sp³-hybridized carbons (Fsp3) is 0.125. The lowest BCUT2D eigenvalue weighted by Crippen LogP contribution is -2.13. The minimum atomic E-state index is -3.57. The highest BCUT2D eigenvalue weighted by Gasteiger charge is 2.15. The summed E-state index contributed by atoms with van der Waals surface area (Å²) in [5, 5.41) is 0. The Balaban J connectivity index is 2.28. The minimum absolute atomic E-state index is 0.261. The topological polar surface area (TPSA) is 46.2 Å². The van der Waals surface area contributed by atoms with Crippen LogP contribution in [0.15, 0.2) is 71.0 Å². The molecule has 0 unspecified atom stereocenters.